The lowest BCUT2D eigenvalue weighted by molar-refractivity contribution is 0.212. The summed E-state index contributed by atoms with van der Waals surface area (Å²) in [6.45, 7) is 4.69. The van der Waals surface area contributed by atoms with Crippen molar-refractivity contribution in [3.63, 3.8) is 0 Å². The second kappa shape index (κ2) is 8.71. The van der Waals surface area contributed by atoms with Crippen LogP contribution in [0.15, 0.2) is 36.7 Å². The Balaban J connectivity index is 1.57. The van der Waals surface area contributed by atoms with E-state index in [0.29, 0.717) is 11.6 Å². The molecule has 4 rings (SSSR count). The minimum atomic E-state index is -0.000476. The van der Waals surface area contributed by atoms with Crippen LogP contribution in [-0.4, -0.2) is 40.7 Å². The molecule has 8 nitrogen and oxygen atoms in total. The van der Waals surface area contributed by atoms with Crippen molar-refractivity contribution in [2.24, 2.45) is 0 Å². The Hall–Kier alpha value is -3.44. The number of hydrogen-bond donors (Lipinski definition) is 3. The van der Waals surface area contributed by atoms with Gasteiger partial charge < -0.3 is 20.7 Å². The third-order valence-corrected chi connectivity index (χ3v) is 4.73. The average Bonchev–Trinajstić information content (AvgIpc) is 3.25. The van der Waals surface area contributed by atoms with Crippen LogP contribution in [0.4, 0.5) is 17.3 Å². The maximum atomic E-state index is 9.29. The number of fused-ring (bicyclic) bond motifs is 1. The van der Waals surface area contributed by atoms with E-state index in [2.05, 4.69) is 43.9 Å². The summed E-state index contributed by atoms with van der Waals surface area (Å²) < 4.78 is 5.87. The number of hydrogen-bond acceptors (Lipinski definition) is 8. The molecule has 3 aromatic rings. The van der Waals surface area contributed by atoms with E-state index < -0.39 is 0 Å². The number of pyridine rings is 1. The Kier molecular flexibility index (Phi) is 5.68. The Morgan fingerprint density at radius 1 is 1.28 bits per heavy atom. The van der Waals surface area contributed by atoms with E-state index in [0.717, 1.165) is 48.9 Å². The summed E-state index contributed by atoms with van der Waals surface area (Å²) in [6.07, 6.45) is 5.30. The molecule has 0 unspecified atom stereocenters. The van der Waals surface area contributed by atoms with Crippen molar-refractivity contribution in [3.8, 4) is 11.9 Å². The van der Waals surface area contributed by atoms with Crippen LogP contribution in [-0.2, 0) is 0 Å². The van der Waals surface area contributed by atoms with E-state index >= 15 is 0 Å². The lowest BCUT2D eigenvalue weighted by atomic mass is 10.1. The molecule has 0 radical (unpaired) electrons. The van der Waals surface area contributed by atoms with Crippen molar-refractivity contribution in [2.45, 2.75) is 25.9 Å². The molecule has 0 saturated carbocycles. The van der Waals surface area contributed by atoms with Crippen LogP contribution < -0.4 is 20.7 Å². The molecule has 1 saturated heterocycles. The fourth-order valence-electron chi connectivity index (χ4n) is 3.26. The summed E-state index contributed by atoms with van der Waals surface area (Å²) >= 11 is 0. The Morgan fingerprint density at radius 2 is 2.21 bits per heavy atom. The number of ether oxygens (including phenoxy) is 1. The summed E-state index contributed by atoms with van der Waals surface area (Å²) in [7, 11) is 0. The van der Waals surface area contributed by atoms with Crippen molar-refractivity contribution >= 4 is 28.1 Å². The molecule has 8 heteroatoms. The van der Waals surface area contributed by atoms with Crippen LogP contribution >= 0.6 is 0 Å². The van der Waals surface area contributed by atoms with E-state index in [-0.39, 0.29) is 17.7 Å². The highest BCUT2D eigenvalue weighted by atomic mass is 16.5. The molecule has 1 aliphatic heterocycles. The maximum absolute atomic E-state index is 9.29. The minimum absolute atomic E-state index is 0.000476. The van der Waals surface area contributed by atoms with Gasteiger partial charge in [0.25, 0.3) is 5.88 Å². The highest BCUT2D eigenvalue weighted by Crippen LogP contribution is 2.26. The number of nitrogens with one attached hydrogen (secondary N) is 3. The van der Waals surface area contributed by atoms with Gasteiger partial charge in [0.1, 0.15) is 18.0 Å². The van der Waals surface area contributed by atoms with Gasteiger partial charge in [-0.3, -0.25) is 0 Å². The van der Waals surface area contributed by atoms with E-state index in [1.54, 1.807) is 0 Å². The van der Waals surface area contributed by atoms with E-state index in [1.165, 1.54) is 6.20 Å². The first-order valence-electron chi connectivity index (χ1n) is 9.81. The number of nitriles is 1. The number of nitrogens with zero attached hydrogens (tertiary/aromatic N) is 4. The minimum Gasteiger partial charge on any atom is -0.471 e. The molecule has 2 aromatic heterocycles. The van der Waals surface area contributed by atoms with Crippen molar-refractivity contribution in [3.05, 3.63) is 42.4 Å². The first-order chi connectivity index (χ1) is 14.3. The largest absolute Gasteiger partial charge is 0.471 e. The zero-order valence-corrected chi connectivity index (χ0v) is 16.3. The zero-order valence-electron chi connectivity index (χ0n) is 16.3. The number of benzene rings is 1. The molecule has 1 aliphatic rings. The maximum Gasteiger partial charge on any atom is 0.253 e. The van der Waals surface area contributed by atoms with Crippen LogP contribution in [0, 0.1) is 11.3 Å². The molecule has 1 aromatic carbocycles. The predicted octanol–water partition coefficient (Wildman–Crippen LogP) is 3.20. The molecule has 3 heterocycles. The summed E-state index contributed by atoms with van der Waals surface area (Å²) in [5.41, 5.74) is 1.25. The number of aromatic nitrogens is 3. The molecule has 29 heavy (non-hydrogen) atoms. The smallest absolute Gasteiger partial charge is 0.253 e. The lowest BCUT2D eigenvalue weighted by Crippen LogP contribution is -2.21. The van der Waals surface area contributed by atoms with E-state index in [1.807, 2.05) is 30.5 Å². The fraction of sp³-hybridized carbons (Fsp3) is 0.333. The van der Waals surface area contributed by atoms with E-state index in [9.17, 15) is 5.26 Å². The lowest BCUT2D eigenvalue weighted by Gasteiger charge is -2.14. The van der Waals surface area contributed by atoms with Crippen LogP contribution in [0.2, 0.25) is 0 Å². The van der Waals surface area contributed by atoms with Crippen LogP contribution in [0.25, 0.3) is 10.8 Å². The normalized spacial score (nSPS) is 15.8. The van der Waals surface area contributed by atoms with Gasteiger partial charge in [0, 0.05) is 30.4 Å². The van der Waals surface area contributed by atoms with Gasteiger partial charge in [-0.15, -0.1) is 0 Å². The van der Waals surface area contributed by atoms with Crippen molar-refractivity contribution in [1.29, 1.82) is 5.26 Å². The number of rotatable bonds is 7. The van der Waals surface area contributed by atoms with E-state index in [4.69, 9.17) is 4.74 Å². The third-order valence-electron chi connectivity index (χ3n) is 4.73. The standard InChI is InChI=1S/C21H23N7O/c1-2-7-24-17-5-3-4-14-9-19(26-12-16(14)17)27-20-13-25-18(10-22)21(28-20)29-15-6-8-23-11-15/h3-5,9,12-13,15,23-24H,2,6-8,11H2,1H3,(H,26,27,28)/t15-/m1/s1. The van der Waals surface area contributed by atoms with Gasteiger partial charge in [0.15, 0.2) is 5.82 Å². The Morgan fingerprint density at radius 3 is 3.00 bits per heavy atom. The van der Waals surface area contributed by atoms with Crippen molar-refractivity contribution in [1.82, 2.24) is 20.3 Å². The predicted molar refractivity (Wildman–Crippen MR) is 112 cm³/mol. The molecule has 0 bridgehead atoms. The summed E-state index contributed by atoms with van der Waals surface area (Å²) in [4.78, 5) is 13.1. The highest BCUT2D eigenvalue weighted by Gasteiger charge is 2.19. The Labute approximate surface area is 169 Å². The van der Waals surface area contributed by atoms with Gasteiger partial charge in [-0.25, -0.2) is 9.97 Å². The number of anilines is 3. The first kappa shape index (κ1) is 18.9. The second-order valence-corrected chi connectivity index (χ2v) is 6.90. The molecule has 1 fully saturated rings. The molecule has 3 N–H and O–H groups in total. The van der Waals surface area contributed by atoms with Gasteiger partial charge in [-0.05, 0) is 36.9 Å². The topological polar surface area (TPSA) is 108 Å². The SMILES string of the molecule is CCCNc1cccc2cc(Nc3cnc(C#N)c(O[C@@H]4CCNC4)n3)ncc12. The second-order valence-electron chi connectivity index (χ2n) is 6.90. The average molecular weight is 389 g/mol. The van der Waals surface area contributed by atoms with Gasteiger partial charge in [0.2, 0.25) is 5.69 Å². The fourth-order valence-corrected chi connectivity index (χ4v) is 3.26. The summed E-state index contributed by atoms with van der Waals surface area (Å²) in [6, 6.07) is 10.1. The van der Waals surface area contributed by atoms with Gasteiger partial charge in [-0.1, -0.05) is 19.1 Å². The molecule has 0 spiro atoms. The molecule has 148 valence electrons. The summed E-state index contributed by atoms with van der Waals surface area (Å²) in [5, 5.41) is 21.2. The van der Waals surface area contributed by atoms with Crippen LogP contribution in [0.1, 0.15) is 25.5 Å². The molecular weight excluding hydrogens is 366 g/mol. The summed E-state index contributed by atoms with van der Waals surface area (Å²) in [5.74, 6) is 1.38. The Bertz CT molecular complexity index is 1040. The molecular formula is C21H23N7O. The van der Waals surface area contributed by atoms with Crippen LogP contribution in [0.3, 0.4) is 0 Å². The zero-order chi connectivity index (χ0) is 20.1. The van der Waals surface area contributed by atoms with Crippen molar-refractivity contribution < 1.29 is 4.74 Å². The first-order valence-corrected chi connectivity index (χ1v) is 9.81. The van der Waals surface area contributed by atoms with Crippen molar-refractivity contribution in [2.75, 3.05) is 30.3 Å². The quantitative estimate of drug-likeness (QED) is 0.565. The highest BCUT2D eigenvalue weighted by molar-refractivity contribution is 5.94. The monoisotopic (exact) mass is 389 g/mol. The molecule has 0 aliphatic carbocycles. The van der Waals surface area contributed by atoms with Gasteiger partial charge >= 0.3 is 0 Å². The molecule has 1 atom stereocenters. The van der Waals surface area contributed by atoms with Crippen LogP contribution in [0.5, 0.6) is 5.88 Å². The third kappa shape index (κ3) is 4.36. The van der Waals surface area contributed by atoms with Gasteiger partial charge in [-0.2, -0.15) is 10.2 Å². The van der Waals surface area contributed by atoms with Gasteiger partial charge in [0.05, 0.1) is 6.20 Å². The molecule has 0 amide bonds.